The van der Waals surface area contributed by atoms with Crippen molar-refractivity contribution in [1.82, 2.24) is 0 Å². The molecule has 0 bridgehead atoms. The third-order valence-corrected chi connectivity index (χ3v) is 4.94. The van der Waals surface area contributed by atoms with Gasteiger partial charge in [0.15, 0.2) is 0 Å². The number of hydrogen-bond acceptors (Lipinski definition) is 6. The van der Waals surface area contributed by atoms with Gasteiger partial charge in [0.25, 0.3) is 20.2 Å². The Morgan fingerprint density at radius 3 is 2.47 bits per heavy atom. The van der Waals surface area contributed by atoms with Gasteiger partial charge in [0, 0.05) is 6.42 Å². The van der Waals surface area contributed by atoms with E-state index in [9.17, 15) is 16.8 Å². The van der Waals surface area contributed by atoms with Crippen LogP contribution in [0, 0.1) is 0 Å². The largest absolute Gasteiger partial charge is 0.270 e. The quantitative estimate of drug-likeness (QED) is 0.655. The molecule has 0 aliphatic carbocycles. The molecule has 0 aromatic carbocycles. The molecule has 0 radical (unpaired) electrons. The summed E-state index contributed by atoms with van der Waals surface area (Å²) in [5.74, 6) is -0.404. The monoisotopic (exact) mass is 258 g/mol. The van der Waals surface area contributed by atoms with Gasteiger partial charge in [-0.1, -0.05) is 0 Å². The summed E-state index contributed by atoms with van der Waals surface area (Å²) in [4.78, 5) is 0. The minimum Gasteiger partial charge on any atom is -0.270 e. The van der Waals surface area contributed by atoms with Crippen molar-refractivity contribution in [3.05, 3.63) is 0 Å². The molecule has 0 spiro atoms. The van der Waals surface area contributed by atoms with Crippen molar-refractivity contribution in [3.8, 4) is 0 Å². The first-order valence-electron chi connectivity index (χ1n) is 4.52. The van der Waals surface area contributed by atoms with Crippen LogP contribution in [0.1, 0.15) is 20.3 Å². The molecular weight excluding hydrogens is 244 g/mol. The van der Waals surface area contributed by atoms with Gasteiger partial charge in [0.05, 0.1) is 18.0 Å². The maximum Gasteiger partial charge on any atom is 0.269 e. The number of hydrogen-bond donors (Lipinski definition) is 0. The molecule has 6 nitrogen and oxygen atoms in total. The summed E-state index contributed by atoms with van der Waals surface area (Å²) in [7, 11) is -7.29. The zero-order chi connectivity index (χ0) is 11.7. The normalized spacial score (nSPS) is 26.7. The van der Waals surface area contributed by atoms with Gasteiger partial charge in [-0.3, -0.25) is 8.37 Å². The summed E-state index contributed by atoms with van der Waals surface area (Å²) >= 11 is 0. The maximum atomic E-state index is 11.4. The SMILES string of the molecule is CC(C)S(=O)(=O)OC1CCOS(=O)(=O)C1. The van der Waals surface area contributed by atoms with Crippen LogP contribution in [0.2, 0.25) is 0 Å². The van der Waals surface area contributed by atoms with Crippen LogP contribution in [0.15, 0.2) is 0 Å². The molecule has 1 saturated heterocycles. The van der Waals surface area contributed by atoms with Crippen LogP contribution in [0.5, 0.6) is 0 Å². The predicted octanol–water partition coefficient (Wildman–Crippen LogP) is -0.140. The highest BCUT2D eigenvalue weighted by Crippen LogP contribution is 2.16. The van der Waals surface area contributed by atoms with Crippen LogP contribution in [-0.4, -0.2) is 40.5 Å². The molecule has 8 heteroatoms. The predicted molar refractivity (Wildman–Crippen MR) is 53.3 cm³/mol. The van der Waals surface area contributed by atoms with Gasteiger partial charge >= 0.3 is 0 Å². The van der Waals surface area contributed by atoms with Crippen LogP contribution in [0.4, 0.5) is 0 Å². The highest BCUT2D eigenvalue weighted by Gasteiger charge is 2.31. The molecule has 1 unspecified atom stereocenters. The molecule has 1 fully saturated rings. The van der Waals surface area contributed by atoms with E-state index in [1.807, 2.05) is 0 Å². The molecule has 0 saturated carbocycles. The van der Waals surface area contributed by atoms with E-state index in [1.165, 1.54) is 13.8 Å². The van der Waals surface area contributed by atoms with Crippen molar-refractivity contribution in [1.29, 1.82) is 0 Å². The zero-order valence-corrected chi connectivity index (χ0v) is 10.2. The second kappa shape index (κ2) is 4.36. The Labute approximate surface area is 89.8 Å². The van der Waals surface area contributed by atoms with Gasteiger partial charge in [-0.15, -0.1) is 0 Å². The van der Waals surface area contributed by atoms with Crippen molar-refractivity contribution in [2.45, 2.75) is 31.6 Å². The van der Waals surface area contributed by atoms with Crippen molar-refractivity contribution in [2.75, 3.05) is 12.4 Å². The first kappa shape index (κ1) is 12.9. The molecular formula is C7H14O6S2. The molecule has 90 valence electrons. The Bertz CT molecular complexity index is 407. The lowest BCUT2D eigenvalue weighted by Gasteiger charge is -2.22. The molecule has 1 aliphatic heterocycles. The van der Waals surface area contributed by atoms with E-state index >= 15 is 0 Å². The fraction of sp³-hybridized carbons (Fsp3) is 1.00. The van der Waals surface area contributed by atoms with Crippen molar-refractivity contribution in [2.24, 2.45) is 0 Å². The van der Waals surface area contributed by atoms with Gasteiger partial charge in [0.1, 0.15) is 5.75 Å². The molecule has 1 rings (SSSR count). The minimum atomic E-state index is -3.67. The van der Waals surface area contributed by atoms with E-state index in [0.717, 1.165) is 0 Å². The van der Waals surface area contributed by atoms with Crippen LogP contribution in [-0.2, 0) is 28.6 Å². The fourth-order valence-electron chi connectivity index (χ4n) is 1.04. The zero-order valence-electron chi connectivity index (χ0n) is 8.54. The molecule has 1 atom stereocenters. The average molecular weight is 258 g/mol. The molecule has 15 heavy (non-hydrogen) atoms. The van der Waals surface area contributed by atoms with E-state index in [2.05, 4.69) is 4.18 Å². The Morgan fingerprint density at radius 1 is 1.40 bits per heavy atom. The summed E-state index contributed by atoms with van der Waals surface area (Å²) in [5, 5.41) is -0.678. The Kier molecular flexibility index (Phi) is 3.75. The van der Waals surface area contributed by atoms with Gasteiger partial charge in [0.2, 0.25) is 0 Å². The van der Waals surface area contributed by atoms with Crippen LogP contribution in [0.25, 0.3) is 0 Å². The van der Waals surface area contributed by atoms with E-state index in [-0.39, 0.29) is 13.0 Å². The Hall–Kier alpha value is -0.180. The Morgan fingerprint density at radius 2 is 2.00 bits per heavy atom. The van der Waals surface area contributed by atoms with Crippen LogP contribution in [0.3, 0.4) is 0 Å². The van der Waals surface area contributed by atoms with Crippen LogP contribution < -0.4 is 0 Å². The summed E-state index contributed by atoms with van der Waals surface area (Å²) in [5.41, 5.74) is 0. The molecule has 1 heterocycles. The second-order valence-electron chi connectivity index (χ2n) is 3.59. The summed E-state index contributed by atoms with van der Waals surface area (Å²) < 4.78 is 54.0. The minimum absolute atomic E-state index is 0.0272. The lowest BCUT2D eigenvalue weighted by molar-refractivity contribution is 0.161. The molecule has 0 aromatic rings. The summed E-state index contributed by atoms with van der Waals surface area (Å²) in [6.07, 6.45) is -0.554. The van der Waals surface area contributed by atoms with Gasteiger partial charge in [-0.05, 0) is 13.8 Å². The number of rotatable bonds is 3. The fourth-order valence-corrected chi connectivity index (χ4v) is 3.03. The first-order chi connectivity index (χ1) is 6.73. The Balaban J connectivity index is 2.68. The lowest BCUT2D eigenvalue weighted by Crippen LogP contribution is -2.35. The van der Waals surface area contributed by atoms with Gasteiger partial charge < -0.3 is 0 Å². The molecule has 0 amide bonds. The summed E-state index contributed by atoms with van der Waals surface area (Å²) in [6, 6.07) is 0. The van der Waals surface area contributed by atoms with Gasteiger partial charge in [-0.2, -0.15) is 16.8 Å². The van der Waals surface area contributed by atoms with E-state index in [4.69, 9.17) is 4.18 Å². The van der Waals surface area contributed by atoms with Crippen molar-refractivity contribution >= 4 is 20.2 Å². The van der Waals surface area contributed by atoms with E-state index in [0.29, 0.717) is 0 Å². The van der Waals surface area contributed by atoms with E-state index < -0.39 is 37.3 Å². The van der Waals surface area contributed by atoms with E-state index in [1.54, 1.807) is 0 Å². The smallest absolute Gasteiger partial charge is 0.269 e. The third kappa shape index (κ3) is 3.71. The second-order valence-corrected chi connectivity index (χ2v) is 7.40. The molecule has 0 N–H and O–H groups in total. The topological polar surface area (TPSA) is 86.7 Å². The maximum absolute atomic E-state index is 11.4. The average Bonchev–Trinajstić information content (AvgIpc) is 2.00. The molecule has 0 aromatic heterocycles. The van der Waals surface area contributed by atoms with Crippen molar-refractivity contribution < 1.29 is 25.2 Å². The molecule has 1 aliphatic rings. The summed E-state index contributed by atoms with van der Waals surface area (Å²) in [6.45, 7) is 2.92. The standard InChI is InChI=1S/C7H14O6S2/c1-6(2)15(10,11)13-7-3-4-12-14(8,9)5-7/h6-7H,3-5H2,1-2H3. The highest BCUT2D eigenvalue weighted by molar-refractivity contribution is 7.87. The first-order valence-corrected chi connectivity index (χ1v) is 7.57. The van der Waals surface area contributed by atoms with Crippen LogP contribution >= 0.6 is 0 Å². The van der Waals surface area contributed by atoms with Gasteiger partial charge in [-0.25, -0.2) is 0 Å². The highest BCUT2D eigenvalue weighted by atomic mass is 32.2. The third-order valence-electron chi connectivity index (χ3n) is 1.94. The van der Waals surface area contributed by atoms with Crippen molar-refractivity contribution in [3.63, 3.8) is 0 Å². The lowest BCUT2D eigenvalue weighted by atomic mass is 10.3.